The Morgan fingerprint density at radius 2 is 2.27 bits per heavy atom. The molecule has 1 aliphatic rings. The number of hydrogen-bond donors (Lipinski definition) is 0. The second-order valence-electron chi connectivity index (χ2n) is 4.01. The molecule has 1 fully saturated rings. The van der Waals surface area contributed by atoms with Crippen LogP contribution in [0.2, 0.25) is 0 Å². The van der Waals surface area contributed by atoms with E-state index >= 15 is 0 Å². The van der Waals surface area contributed by atoms with Crippen LogP contribution in [-0.2, 0) is 11.3 Å². The Kier molecular flexibility index (Phi) is 2.71. The summed E-state index contributed by atoms with van der Waals surface area (Å²) in [7, 11) is 0. The summed E-state index contributed by atoms with van der Waals surface area (Å²) in [5.41, 5.74) is 0.858. The van der Waals surface area contributed by atoms with E-state index in [0.29, 0.717) is 12.6 Å². The number of rotatable bonds is 3. The summed E-state index contributed by atoms with van der Waals surface area (Å²) in [6.07, 6.45) is 2.16. The van der Waals surface area contributed by atoms with Gasteiger partial charge < -0.3 is 4.90 Å². The van der Waals surface area contributed by atoms with Gasteiger partial charge in [0.25, 0.3) is 0 Å². The van der Waals surface area contributed by atoms with E-state index in [1.165, 1.54) is 12.1 Å². The molecular formula is C12H14FNO. The van der Waals surface area contributed by atoms with E-state index in [4.69, 9.17) is 0 Å². The molecule has 15 heavy (non-hydrogen) atoms. The summed E-state index contributed by atoms with van der Waals surface area (Å²) >= 11 is 0. The molecule has 0 aromatic heterocycles. The third-order valence-electron chi connectivity index (χ3n) is 2.63. The topological polar surface area (TPSA) is 20.3 Å². The number of carbonyl (C=O) groups is 1. The van der Waals surface area contributed by atoms with E-state index in [0.717, 1.165) is 18.4 Å². The van der Waals surface area contributed by atoms with E-state index in [9.17, 15) is 9.18 Å². The predicted octanol–water partition coefficient (Wildman–Crippen LogP) is 2.34. The maximum atomic E-state index is 12.9. The highest BCUT2D eigenvalue weighted by atomic mass is 19.1. The van der Waals surface area contributed by atoms with Crippen LogP contribution in [0.1, 0.15) is 25.3 Å². The summed E-state index contributed by atoms with van der Waals surface area (Å²) in [6, 6.07) is 6.81. The molecule has 0 bridgehead atoms. The lowest BCUT2D eigenvalue weighted by atomic mass is 10.2. The van der Waals surface area contributed by atoms with Crippen molar-refractivity contribution >= 4 is 5.91 Å². The predicted molar refractivity (Wildman–Crippen MR) is 55.6 cm³/mol. The molecule has 0 atom stereocenters. The van der Waals surface area contributed by atoms with E-state index in [2.05, 4.69) is 0 Å². The van der Waals surface area contributed by atoms with Gasteiger partial charge in [0, 0.05) is 19.5 Å². The van der Waals surface area contributed by atoms with E-state index in [1.54, 1.807) is 13.0 Å². The molecule has 0 heterocycles. The summed E-state index contributed by atoms with van der Waals surface area (Å²) in [5, 5.41) is 0. The zero-order chi connectivity index (χ0) is 10.8. The molecule has 2 rings (SSSR count). The minimum atomic E-state index is -0.244. The molecule has 1 saturated carbocycles. The third kappa shape index (κ3) is 2.55. The molecule has 0 aliphatic heterocycles. The molecule has 0 saturated heterocycles. The number of hydrogen-bond acceptors (Lipinski definition) is 1. The van der Waals surface area contributed by atoms with Crippen LogP contribution in [0.5, 0.6) is 0 Å². The summed E-state index contributed by atoms with van der Waals surface area (Å²) < 4.78 is 12.9. The van der Waals surface area contributed by atoms with Crippen LogP contribution in [0.4, 0.5) is 4.39 Å². The summed E-state index contributed by atoms with van der Waals surface area (Å²) in [5.74, 6) is -0.173. The van der Waals surface area contributed by atoms with E-state index < -0.39 is 0 Å². The van der Waals surface area contributed by atoms with E-state index in [-0.39, 0.29) is 11.7 Å². The molecule has 0 unspecified atom stereocenters. The number of amides is 1. The van der Waals surface area contributed by atoms with Crippen molar-refractivity contribution in [2.45, 2.75) is 32.4 Å². The van der Waals surface area contributed by atoms with Crippen LogP contribution >= 0.6 is 0 Å². The standard InChI is InChI=1S/C12H14FNO/c1-9(15)14(12-5-6-12)8-10-3-2-4-11(13)7-10/h2-4,7,12H,5-6,8H2,1H3. The molecule has 80 valence electrons. The van der Waals surface area contributed by atoms with Gasteiger partial charge in [0.1, 0.15) is 5.82 Å². The largest absolute Gasteiger partial charge is 0.336 e. The van der Waals surface area contributed by atoms with Crippen molar-refractivity contribution in [1.82, 2.24) is 4.90 Å². The first-order chi connectivity index (χ1) is 7.16. The van der Waals surface area contributed by atoms with Crippen molar-refractivity contribution in [3.63, 3.8) is 0 Å². The fraction of sp³-hybridized carbons (Fsp3) is 0.417. The van der Waals surface area contributed by atoms with Crippen LogP contribution in [0.15, 0.2) is 24.3 Å². The number of nitrogens with zero attached hydrogens (tertiary/aromatic N) is 1. The van der Waals surface area contributed by atoms with Crippen molar-refractivity contribution < 1.29 is 9.18 Å². The van der Waals surface area contributed by atoms with Crippen LogP contribution in [0.25, 0.3) is 0 Å². The van der Waals surface area contributed by atoms with Gasteiger partial charge in [-0.1, -0.05) is 12.1 Å². The maximum Gasteiger partial charge on any atom is 0.219 e. The Labute approximate surface area is 88.7 Å². The van der Waals surface area contributed by atoms with Gasteiger partial charge in [-0.05, 0) is 30.5 Å². The Bertz CT molecular complexity index is 374. The molecule has 3 heteroatoms. The molecule has 1 aliphatic carbocycles. The quantitative estimate of drug-likeness (QED) is 0.745. The molecule has 0 N–H and O–H groups in total. The minimum absolute atomic E-state index is 0.0711. The number of carbonyl (C=O) groups excluding carboxylic acids is 1. The first-order valence-electron chi connectivity index (χ1n) is 5.18. The summed E-state index contributed by atoms with van der Waals surface area (Å²) in [4.78, 5) is 13.2. The smallest absolute Gasteiger partial charge is 0.219 e. The lowest BCUT2D eigenvalue weighted by molar-refractivity contribution is -0.130. The van der Waals surface area contributed by atoms with Gasteiger partial charge in [0.15, 0.2) is 0 Å². The van der Waals surface area contributed by atoms with Crippen LogP contribution in [-0.4, -0.2) is 16.8 Å². The molecule has 0 spiro atoms. The lowest BCUT2D eigenvalue weighted by Crippen LogP contribution is -2.30. The first kappa shape index (κ1) is 10.1. The van der Waals surface area contributed by atoms with Gasteiger partial charge in [-0.25, -0.2) is 4.39 Å². The van der Waals surface area contributed by atoms with Gasteiger partial charge in [0.05, 0.1) is 0 Å². The van der Waals surface area contributed by atoms with Crippen molar-refractivity contribution in [3.05, 3.63) is 35.6 Å². The van der Waals surface area contributed by atoms with Gasteiger partial charge in [0.2, 0.25) is 5.91 Å². The SMILES string of the molecule is CC(=O)N(Cc1cccc(F)c1)C1CC1. The Balaban J connectivity index is 2.08. The number of halogens is 1. The molecule has 1 aromatic rings. The fourth-order valence-corrected chi connectivity index (χ4v) is 1.72. The van der Waals surface area contributed by atoms with Gasteiger partial charge in [-0.15, -0.1) is 0 Å². The molecule has 1 amide bonds. The Morgan fingerprint density at radius 3 is 2.80 bits per heavy atom. The Hall–Kier alpha value is -1.38. The minimum Gasteiger partial charge on any atom is -0.336 e. The maximum absolute atomic E-state index is 12.9. The lowest BCUT2D eigenvalue weighted by Gasteiger charge is -2.20. The van der Waals surface area contributed by atoms with Crippen molar-refractivity contribution in [2.24, 2.45) is 0 Å². The molecule has 1 aromatic carbocycles. The average molecular weight is 207 g/mol. The van der Waals surface area contributed by atoms with Gasteiger partial charge in [-0.3, -0.25) is 4.79 Å². The number of benzene rings is 1. The van der Waals surface area contributed by atoms with Crippen molar-refractivity contribution in [2.75, 3.05) is 0 Å². The highest BCUT2D eigenvalue weighted by molar-refractivity contribution is 5.74. The summed E-state index contributed by atoms with van der Waals surface area (Å²) in [6.45, 7) is 2.09. The van der Waals surface area contributed by atoms with Crippen LogP contribution < -0.4 is 0 Å². The third-order valence-corrected chi connectivity index (χ3v) is 2.63. The zero-order valence-corrected chi connectivity index (χ0v) is 8.74. The second-order valence-corrected chi connectivity index (χ2v) is 4.01. The van der Waals surface area contributed by atoms with Gasteiger partial charge >= 0.3 is 0 Å². The zero-order valence-electron chi connectivity index (χ0n) is 8.74. The normalized spacial score (nSPS) is 15.1. The average Bonchev–Trinajstić information content (AvgIpc) is 2.97. The highest BCUT2D eigenvalue weighted by Gasteiger charge is 2.30. The van der Waals surface area contributed by atoms with Crippen molar-refractivity contribution in [1.29, 1.82) is 0 Å². The molecule has 2 nitrogen and oxygen atoms in total. The monoisotopic (exact) mass is 207 g/mol. The molecule has 0 radical (unpaired) electrons. The second kappa shape index (κ2) is 4.01. The Morgan fingerprint density at radius 1 is 1.53 bits per heavy atom. The van der Waals surface area contributed by atoms with Crippen molar-refractivity contribution in [3.8, 4) is 0 Å². The van der Waals surface area contributed by atoms with Crippen LogP contribution in [0, 0.1) is 5.82 Å². The molecular weight excluding hydrogens is 193 g/mol. The van der Waals surface area contributed by atoms with E-state index in [1.807, 2.05) is 11.0 Å². The first-order valence-corrected chi connectivity index (χ1v) is 5.18. The van der Waals surface area contributed by atoms with Crippen LogP contribution in [0.3, 0.4) is 0 Å². The highest BCUT2D eigenvalue weighted by Crippen LogP contribution is 2.28. The van der Waals surface area contributed by atoms with Gasteiger partial charge in [-0.2, -0.15) is 0 Å². The fourth-order valence-electron chi connectivity index (χ4n) is 1.72.